The smallest absolute Gasteiger partial charge is 0.303 e. The molecule has 96 valence electrons. The van der Waals surface area contributed by atoms with Crippen LogP contribution in [0.5, 0.6) is 0 Å². The lowest BCUT2D eigenvalue weighted by Crippen LogP contribution is -2.61. The molecular weight excluding hydrogens is 224 g/mol. The van der Waals surface area contributed by atoms with E-state index in [-0.39, 0.29) is 24.7 Å². The number of hydrogen-bond donors (Lipinski definition) is 3. The average molecular weight is 242 g/mol. The standard InChI is InChI=1S/C11H18N2O4/c1-6(2)5-8-11(17)12-7(10(16)13-8)3-4-9(14)15/h6-8H,3-5H2,1-2H3,(H,12,17)(H,13,16)(H,14,15)/t7-,8-/m0/s1. The fourth-order valence-electron chi connectivity index (χ4n) is 1.78. The summed E-state index contributed by atoms with van der Waals surface area (Å²) in [5.41, 5.74) is 0. The third kappa shape index (κ3) is 4.05. The number of carbonyl (C=O) groups excluding carboxylic acids is 2. The SMILES string of the molecule is CC(C)C[C@@H]1NC(=O)[C@H](CCC(=O)O)NC1=O. The Hall–Kier alpha value is -1.59. The van der Waals surface area contributed by atoms with E-state index in [0.29, 0.717) is 12.3 Å². The Bertz CT molecular complexity index is 327. The van der Waals surface area contributed by atoms with Crippen molar-refractivity contribution in [3.8, 4) is 0 Å². The normalized spacial score (nSPS) is 24.4. The Labute approximate surface area is 99.8 Å². The van der Waals surface area contributed by atoms with Gasteiger partial charge in [-0.3, -0.25) is 14.4 Å². The Balaban J connectivity index is 2.52. The quantitative estimate of drug-likeness (QED) is 0.626. The molecule has 1 saturated heterocycles. The number of nitrogens with one attached hydrogen (secondary N) is 2. The first-order valence-electron chi connectivity index (χ1n) is 5.72. The summed E-state index contributed by atoms with van der Waals surface area (Å²) in [4.78, 5) is 33.7. The number of amides is 2. The molecule has 0 aromatic carbocycles. The van der Waals surface area contributed by atoms with E-state index in [4.69, 9.17) is 5.11 Å². The van der Waals surface area contributed by atoms with E-state index >= 15 is 0 Å². The number of hydrogen-bond acceptors (Lipinski definition) is 3. The van der Waals surface area contributed by atoms with Gasteiger partial charge in [0, 0.05) is 6.42 Å². The maximum atomic E-state index is 11.7. The van der Waals surface area contributed by atoms with Crippen LogP contribution in [-0.4, -0.2) is 35.0 Å². The molecule has 6 nitrogen and oxygen atoms in total. The van der Waals surface area contributed by atoms with Crippen molar-refractivity contribution in [1.29, 1.82) is 0 Å². The lowest BCUT2D eigenvalue weighted by atomic mass is 9.99. The van der Waals surface area contributed by atoms with Crippen LogP contribution in [0, 0.1) is 5.92 Å². The summed E-state index contributed by atoms with van der Waals surface area (Å²) in [5, 5.41) is 13.7. The summed E-state index contributed by atoms with van der Waals surface area (Å²) in [7, 11) is 0. The van der Waals surface area contributed by atoms with Gasteiger partial charge >= 0.3 is 5.97 Å². The summed E-state index contributed by atoms with van der Waals surface area (Å²) in [6.45, 7) is 3.94. The van der Waals surface area contributed by atoms with Crippen LogP contribution in [-0.2, 0) is 14.4 Å². The van der Waals surface area contributed by atoms with Gasteiger partial charge in [-0.25, -0.2) is 0 Å². The molecule has 0 spiro atoms. The molecule has 1 rings (SSSR count). The average Bonchev–Trinajstić information content (AvgIpc) is 2.20. The third-order valence-electron chi connectivity index (χ3n) is 2.62. The first-order valence-corrected chi connectivity index (χ1v) is 5.72. The van der Waals surface area contributed by atoms with E-state index in [1.165, 1.54) is 0 Å². The van der Waals surface area contributed by atoms with Crippen molar-refractivity contribution in [2.45, 2.75) is 45.2 Å². The van der Waals surface area contributed by atoms with Gasteiger partial charge in [-0.05, 0) is 18.8 Å². The van der Waals surface area contributed by atoms with Crippen molar-refractivity contribution in [2.24, 2.45) is 5.92 Å². The van der Waals surface area contributed by atoms with Crippen LogP contribution in [0.25, 0.3) is 0 Å². The largest absolute Gasteiger partial charge is 0.481 e. The van der Waals surface area contributed by atoms with Crippen LogP contribution < -0.4 is 10.6 Å². The molecule has 2 atom stereocenters. The zero-order valence-electron chi connectivity index (χ0n) is 10.0. The number of piperazine rings is 1. The van der Waals surface area contributed by atoms with Crippen LogP contribution in [0.3, 0.4) is 0 Å². The molecule has 1 aliphatic rings. The molecule has 0 bridgehead atoms. The number of carboxylic acids is 1. The van der Waals surface area contributed by atoms with Crippen molar-refractivity contribution in [3.05, 3.63) is 0 Å². The summed E-state index contributed by atoms with van der Waals surface area (Å²) < 4.78 is 0. The zero-order valence-corrected chi connectivity index (χ0v) is 10.0. The van der Waals surface area contributed by atoms with Crippen molar-refractivity contribution >= 4 is 17.8 Å². The van der Waals surface area contributed by atoms with Gasteiger partial charge in [-0.15, -0.1) is 0 Å². The van der Waals surface area contributed by atoms with Crippen LogP contribution in [0.2, 0.25) is 0 Å². The number of carbonyl (C=O) groups is 3. The first kappa shape index (κ1) is 13.5. The van der Waals surface area contributed by atoms with Crippen LogP contribution >= 0.6 is 0 Å². The van der Waals surface area contributed by atoms with Crippen molar-refractivity contribution in [3.63, 3.8) is 0 Å². The number of rotatable bonds is 5. The molecule has 1 aliphatic heterocycles. The van der Waals surface area contributed by atoms with Gasteiger partial charge in [-0.1, -0.05) is 13.8 Å². The fraction of sp³-hybridized carbons (Fsp3) is 0.727. The summed E-state index contributed by atoms with van der Waals surface area (Å²) >= 11 is 0. The molecular formula is C11H18N2O4. The molecule has 1 heterocycles. The first-order chi connectivity index (χ1) is 7.90. The Kier molecular flexibility index (Phi) is 4.48. The van der Waals surface area contributed by atoms with Crippen LogP contribution in [0.4, 0.5) is 0 Å². The van der Waals surface area contributed by atoms with E-state index in [2.05, 4.69) is 10.6 Å². The van der Waals surface area contributed by atoms with Gasteiger partial charge < -0.3 is 15.7 Å². The highest BCUT2D eigenvalue weighted by molar-refractivity contribution is 5.97. The molecule has 0 saturated carbocycles. The molecule has 1 fully saturated rings. The van der Waals surface area contributed by atoms with E-state index in [1.807, 2.05) is 13.8 Å². The van der Waals surface area contributed by atoms with Gasteiger partial charge in [-0.2, -0.15) is 0 Å². The van der Waals surface area contributed by atoms with Crippen molar-refractivity contribution in [1.82, 2.24) is 10.6 Å². The monoisotopic (exact) mass is 242 g/mol. The number of carboxylic acid groups (broad SMARTS) is 1. The predicted octanol–water partition coefficient (Wildman–Crippen LogP) is -0.119. The maximum Gasteiger partial charge on any atom is 0.303 e. The van der Waals surface area contributed by atoms with Gasteiger partial charge in [0.25, 0.3) is 0 Å². The summed E-state index contributed by atoms with van der Waals surface area (Å²) in [5.74, 6) is -1.19. The molecule has 6 heteroatoms. The second-order valence-electron chi connectivity index (χ2n) is 4.68. The molecule has 0 radical (unpaired) electrons. The molecule has 2 amide bonds. The predicted molar refractivity (Wildman–Crippen MR) is 60.2 cm³/mol. The second-order valence-corrected chi connectivity index (χ2v) is 4.68. The van der Waals surface area contributed by atoms with Gasteiger partial charge in [0.05, 0.1) is 0 Å². The molecule has 0 aromatic heterocycles. The lowest BCUT2D eigenvalue weighted by Gasteiger charge is -2.30. The Morgan fingerprint density at radius 2 is 1.76 bits per heavy atom. The van der Waals surface area contributed by atoms with Gasteiger partial charge in [0.1, 0.15) is 12.1 Å². The van der Waals surface area contributed by atoms with Crippen LogP contribution in [0.15, 0.2) is 0 Å². The summed E-state index contributed by atoms with van der Waals surface area (Å²) in [6, 6.07) is -1.22. The Morgan fingerprint density at radius 1 is 1.24 bits per heavy atom. The second kappa shape index (κ2) is 5.65. The molecule has 17 heavy (non-hydrogen) atoms. The van der Waals surface area contributed by atoms with Crippen molar-refractivity contribution < 1.29 is 19.5 Å². The van der Waals surface area contributed by atoms with Crippen molar-refractivity contribution in [2.75, 3.05) is 0 Å². The fourth-order valence-corrected chi connectivity index (χ4v) is 1.78. The van der Waals surface area contributed by atoms with E-state index in [1.54, 1.807) is 0 Å². The highest BCUT2D eigenvalue weighted by Crippen LogP contribution is 2.10. The van der Waals surface area contributed by atoms with Gasteiger partial charge in [0.15, 0.2) is 0 Å². The highest BCUT2D eigenvalue weighted by Gasteiger charge is 2.33. The maximum absolute atomic E-state index is 11.7. The number of aliphatic carboxylic acids is 1. The molecule has 0 unspecified atom stereocenters. The third-order valence-corrected chi connectivity index (χ3v) is 2.62. The van der Waals surface area contributed by atoms with E-state index in [9.17, 15) is 14.4 Å². The minimum Gasteiger partial charge on any atom is -0.481 e. The topological polar surface area (TPSA) is 95.5 Å². The minimum absolute atomic E-state index is 0.126. The minimum atomic E-state index is -0.976. The Morgan fingerprint density at radius 3 is 2.29 bits per heavy atom. The van der Waals surface area contributed by atoms with E-state index < -0.39 is 18.1 Å². The molecule has 0 aromatic rings. The zero-order chi connectivity index (χ0) is 13.0. The van der Waals surface area contributed by atoms with Crippen LogP contribution in [0.1, 0.15) is 33.1 Å². The molecule has 3 N–H and O–H groups in total. The molecule has 0 aliphatic carbocycles. The highest BCUT2D eigenvalue weighted by atomic mass is 16.4. The van der Waals surface area contributed by atoms with E-state index in [0.717, 1.165) is 0 Å². The van der Waals surface area contributed by atoms with Gasteiger partial charge in [0.2, 0.25) is 11.8 Å². The summed E-state index contributed by atoms with van der Waals surface area (Å²) in [6.07, 6.45) is 0.581. The lowest BCUT2D eigenvalue weighted by molar-refractivity contribution is -0.140.